The van der Waals surface area contributed by atoms with Gasteiger partial charge in [-0.15, -0.1) is 0 Å². The lowest BCUT2D eigenvalue weighted by Gasteiger charge is -2.29. The molecule has 1 saturated heterocycles. The maximum absolute atomic E-state index is 9.19. The Morgan fingerprint density at radius 3 is 2.53 bits per heavy atom. The summed E-state index contributed by atoms with van der Waals surface area (Å²) >= 11 is 0. The van der Waals surface area contributed by atoms with Gasteiger partial charge in [-0.25, -0.2) is 0 Å². The molecule has 1 atom stereocenters. The molecular weight excluding hydrogens is 216 g/mol. The van der Waals surface area contributed by atoms with Gasteiger partial charge in [0.05, 0.1) is 19.3 Å². The standard InChI is InChI=1S/C13H20N2O2/c1-11(16)10-14-12-2-4-13(5-3-12)15-6-8-17-9-7-15/h2-5,11,14,16H,6-10H2,1H3/t11-/m1/s1. The third-order valence-electron chi connectivity index (χ3n) is 2.85. The zero-order chi connectivity index (χ0) is 12.1. The van der Waals surface area contributed by atoms with Gasteiger partial charge in [-0.05, 0) is 31.2 Å². The number of anilines is 2. The molecule has 1 aliphatic heterocycles. The Kier molecular flexibility index (Phi) is 4.23. The van der Waals surface area contributed by atoms with Crippen molar-refractivity contribution in [3.8, 4) is 0 Å². The van der Waals surface area contributed by atoms with E-state index in [0.29, 0.717) is 6.54 Å². The molecule has 0 aliphatic carbocycles. The van der Waals surface area contributed by atoms with Crippen molar-refractivity contribution in [2.75, 3.05) is 43.1 Å². The fourth-order valence-corrected chi connectivity index (χ4v) is 1.88. The van der Waals surface area contributed by atoms with Gasteiger partial charge >= 0.3 is 0 Å². The van der Waals surface area contributed by atoms with E-state index in [4.69, 9.17) is 4.74 Å². The number of nitrogens with zero attached hydrogens (tertiary/aromatic N) is 1. The molecule has 17 heavy (non-hydrogen) atoms. The van der Waals surface area contributed by atoms with E-state index in [2.05, 4.69) is 22.3 Å². The van der Waals surface area contributed by atoms with Gasteiger partial charge in [-0.3, -0.25) is 0 Å². The second kappa shape index (κ2) is 5.89. The van der Waals surface area contributed by atoms with Crippen molar-refractivity contribution in [2.45, 2.75) is 13.0 Å². The summed E-state index contributed by atoms with van der Waals surface area (Å²) in [5, 5.41) is 12.4. The predicted octanol–water partition coefficient (Wildman–Crippen LogP) is 1.32. The molecule has 1 fully saturated rings. The van der Waals surface area contributed by atoms with Crippen LogP contribution in [0.3, 0.4) is 0 Å². The summed E-state index contributed by atoms with van der Waals surface area (Å²) in [6.07, 6.45) is -0.325. The molecule has 0 amide bonds. The van der Waals surface area contributed by atoms with Crippen molar-refractivity contribution in [3.05, 3.63) is 24.3 Å². The molecule has 4 nitrogen and oxygen atoms in total. The number of rotatable bonds is 4. The molecule has 1 aromatic carbocycles. The summed E-state index contributed by atoms with van der Waals surface area (Å²) < 4.78 is 5.33. The molecule has 94 valence electrons. The Labute approximate surface area is 102 Å². The van der Waals surface area contributed by atoms with Gasteiger partial charge in [0.15, 0.2) is 0 Å². The minimum absolute atomic E-state index is 0.325. The number of benzene rings is 1. The molecule has 0 saturated carbocycles. The third-order valence-corrected chi connectivity index (χ3v) is 2.85. The topological polar surface area (TPSA) is 44.7 Å². The normalized spacial score (nSPS) is 17.9. The second-order valence-electron chi connectivity index (χ2n) is 4.38. The molecule has 1 aliphatic rings. The lowest BCUT2D eigenvalue weighted by Crippen LogP contribution is -2.36. The van der Waals surface area contributed by atoms with E-state index in [1.807, 2.05) is 12.1 Å². The van der Waals surface area contributed by atoms with Gasteiger partial charge in [0.1, 0.15) is 0 Å². The minimum Gasteiger partial charge on any atom is -0.392 e. The van der Waals surface area contributed by atoms with Crippen LogP contribution in [0.2, 0.25) is 0 Å². The number of ether oxygens (including phenoxy) is 1. The van der Waals surface area contributed by atoms with E-state index in [9.17, 15) is 5.11 Å². The monoisotopic (exact) mass is 236 g/mol. The zero-order valence-corrected chi connectivity index (χ0v) is 10.2. The van der Waals surface area contributed by atoms with Gasteiger partial charge in [-0.1, -0.05) is 0 Å². The van der Waals surface area contributed by atoms with Crippen molar-refractivity contribution in [1.29, 1.82) is 0 Å². The summed E-state index contributed by atoms with van der Waals surface area (Å²) in [6.45, 7) is 5.89. The van der Waals surface area contributed by atoms with Crippen molar-refractivity contribution in [1.82, 2.24) is 0 Å². The van der Waals surface area contributed by atoms with Crippen molar-refractivity contribution in [2.24, 2.45) is 0 Å². The Balaban J connectivity index is 1.92. The van der Waals surface area contributed by atoms with E-state index in [1.54, 1.807) is 6.92 Å². The first-order valence-electron chi connectivity index (χ1n) is 6.10. The van der Waals surface area contributed by atoms with Crippen LogP contribution in [0.4, 0.5) is 11.4 Å². The molecule has 4 heteroatoms. The van der Waals surface area contributed by atoms with Gasteiger partial charge in [0.25, 0.3) is 0 Å². The van der Waals surface area contributed by atoms with Crippen LogP contribution in [0.25, 0.3) is 0 Å². The lowest BCUT2D eigenvalue weighted by atomic mass is 10.2. The summed E-state index contributed by atoms with van der Waals surface area (Å²) in [6, 6.07) is 8.31. The summed E-state index contributed by atoms with van der Waals surface area (Å²) in [5.74, 6) is 0. The summed E-state index contributed by atoms with van der Waals surface area (Å²) in [4.78, 5) is 2.32. The number of aliphatic hydroxyl groups excluding tert-OH is 1. The Morgan fingerprint density at radius 2 is 1.94 bits per heavy atom. The SMILES string of the molecule is C[C@@H](O)CNc1ccc(N2CCOCC2)cc1. The summed E-state index contributed by atoms with van der Waals surface area (Å²) in [5.41, 5.74) is 2.28. The molecule has 1 aromatic rings. The van der Waals surface area contributed by atoms with Crippen molar-refractivity contribution >= 4 is 11.4 Å². The summed E-state index contributed by atoms with van der Waals surface area (Å²) in [7, 11) is 0. The predicted molar refractivity (Wildman–Crippen MR) is 69.6 cm³/mol. The van der Waals surface area contributed by atoms with Gasteiger partial charge in [0.2, 0.25) is 0 Å². The molecule has 0 spiro atoms. The first-order chi connectivity index (χ1) is 8.25. The van der Waals surface area contributed by atoms with E-state index in [0.717, 1.165) is 32.0 Å². The maximum Gasteiger partial charge on any atom is 0.0684 e. The van der Waals surface area contributed by atoms with Crippen LogP contribution in [0.5, 0.6) is 0 Å². The van der Waals surface area contributed by atoms with Crippen molar-refractivity contribution < 1.29 is 9.84 Å². The largest absolute Gasteiger partial charge is 0.392 e. The third kappa shape index (κ3) is 3.61. The van der Waals surface area contributed by atoms with E-state index < -0.39 is 0 Å². The number of hydrogen-bond acceptors (Lipinski definition) is 4. The Morgan fingerprint density at radius 1 is 1.29 bits per heavy atom. The van der Waals surface area contributed by atoms with Crippen LogP contribution in [0.1, 0.15) is 6.92 Å². The fourth-order valence-electron chi connectivity index (χ4n) is 1.88. The lowest BCUT2D eigenvalue weighted by molar-refractivity contribution is 0.122. The van der Waals surface area contributed by atoms with E-state index >= 15 is 0 Å². The van der Waals surface area contributed by atoms with E-state index in [1.165, 1.54) is 5.69 Å². The average molecular weight is 236 g/mol. The molecular formula is C13H20N2O2. The highest BCUT2D eigenvalue weighted by Crippen LogP contribution is 2.18. The molecule has 0 radical (unpaired) electrons. The zero-order valence-electron chi connectivity index (χ0n) is 10.2. The number of nitrogens with one attached hydrogen (secondary N) is 1. The van der Waals surface area contributed by atoms with Gasteiger partial charge in [-0.2, -0.15) is 0 Å². The average Bonchev–Trinajstić information content (AvgIpc) is 2.38. The van der Waals surface area contributed by atoms with Crippen LogP contribution >= 0.6 is 0 Å². The van der Waals surface area contributed by atoms with Crippen LogP contribution in [-0.2, 0) is 4.74 Å². The highest BCUT2D eigenvalue weighted by Gasteiger charge is 2.10. The quantitative estimate of drug-likeness (QED) is 0.827. The smallest absolute Gasteiger partial charge is 0.0684 e. The molecule has 0 aromatic heterocycles. The molecule has 2 N–H and O–H groups in total. The van der Waals surface area contributed by atoms with Crippen LogP contribution in [0.15, 0.2) is 24.3 Å². The molecule has 0 unspecified atom stereocenters. The maximum atomic E-state index is 9.19. The first-order valence-corrected chi connectivity index (χ1v) is 6.10. The molecule has 0 bridgehead atoms. The highest BCUT2D eigenvalue weighted by molar-refractivity contribution is 5.55. The van der Waals surface area contributed by atoms with Crippen LogP contribution in [-0.4, -0.2) is 44.1 Å². The number of morpholine rings is 1. The van der Waals surface area contributed by atoms with Crippen LogP contribution in [0, 0.1) is 0 Å². The van der Waals surface area contributed by atoms with E-state index in [-0.39, 0.29) is 6.10 Å². The molecule has 1 heterocycles. The first kappa shape index (κ1) is 12.2. The molecule has 2 rings (SSSR count). The fraction of sp³-hybridized carbons (Fsp3) is 0.538. The van der Waals surface area contributed by atoms with Gasteiger partial charge in [0, 0.05) is 31.0 Å². The Bertz CT molecular complexity index is 332. The highest BCUT2D eigenvalue weighted by atomic mass is 16.5. The number of hydrogen-bond donors (Lipinski definition) is 2. The number of aliphatic hydroxyl groups is 1. The van der Waals surface area contributed by atoms with Crippen LogP contribution < -0.4 is 10.2 Å². The van der Waals surface area contributed by atoms with Crippen molar-refractivity contribution in [3.63, 3.8) is 0 Å². The van der Waals surface area contributed by atoms with Gasteiger partial charge < -0.3 is 20.1 Å². The Hall–Kier alpha value is -1.26. The minimum atomic E-state index is -0.325. The second-order valence-corrected chi connectivity index (χ2v) is 4.38.